The van der Waals surface area contributed by atoms with E-state index in [-0.39, 0.29) is 11.4 Å². The van der Waals surface area contributed by atoms with Gasteiger partial charge in [-0.1, -0.05) is 6.07 Å². The molecule has 0 spiro atoms. The Hall–Kier alpha value is -1.92. The van der Waals surface area contributed by atoms with Crippen molar-refractivity contribution in [3.8, 4) is 11.4 Å². The van der Waals surface area contributed by atoms with E-state index >= 15 is 0 Å². The highest BCUT2D eigenvalue weighted by atomic mass is 19.4. The second kappa shape index (κ2) is 3.83. The van der Waals surface area contributed by atoms with E-state index in [2.05, 4.69) is 15.2 Å². The Morgan fingerprint density at radius 1 is 1.24 bits per heavy atom. The Morgan fingerprint density at radius 2 is 1.94 bits per heavy atom. The lowest BCUT2D eigenvalue weighted by Gasteiger charge is -2.09. The van der Waals surface area contributed by atoms with E-state index in [1.54, 1.807) is 6.92 Å². The summed E-state index contributed by atoms with van der Waals surface area (Å²) in [5.74, 6) is -1.05. The molecular weight excluding hydrogens is 238 g/mol. The van der Waals surface area contributed by atoms with Crippen LogP contribution >= 0.6 is 0 Å². The molecule has 3 nitrogen and oxygen atoms in total. The van der Waals surface area contributed by atoms with Crippen LogP contribution in [0.5, 0.6) is 0 Å². The summed E-state index contributed by atoms with van der Waals surface area (Å²) in [4.78, 5) is 3.79. The zero-order chi connectivity index (χ0) is 12.6. The minimum atomic E-state index is -4.73. The fourth-order valence-electron chi connectivity index (χ4n) is 1.39. The number of aryl methyl sites for hydroxylation is 1. The Labute approximate surface area is 93.5 Å². The van der Waals surface area contributed by atoms with Crippen LogP contribution in [0.2, 0.25) is 0 Å². The third-order valence-electron chi connectivity index (χ3n) is 2.14. The average Bonchev–Trinajstić information content (AvgIpc) is 2.63. The van der Waals surface area contributed by atoms with Crippen molar-refractivity contribution in [2.24, 2.45) is 0 Å². The zero-order valence-electron chi connectivity index (χ0n) is 8.64. The quantitative estimate of drug-likeness (QED) is 0.785. The van der Waals surface area contributed by atoms with Crippen LogP contribution in [0.15, 0.2) is 18.2 Å². The molecule has 0 aliphatic rings. The van der Waals surface area contributed by atoms with Crippen molar-refractivity contribution in [2.45, 2.75) is 13.1 Å². The maximum absolute atomic E-state index is 13.6. The number of alkyl halides is 3. The molecule has 0 aliphatic heterocycles. The van der Waals surface area contributed by atoms with Gasteiger partial charge in [-0.15, -0.1) is 0 Å². The van der Waals surface area contributed by atoms with Crippen molar-refractivity contribution in [3.63, 3.8) is 0 Å². The predicted molar refractivity (Wildman–Crippen MR) is 51.5 cm³/mol. The first-order valence-electron chi connectivity index (χ1n) is 4.64. The normalized spacial score (nSPS) is 11.8. The van der Waals surface area contributed by atoms with Gasteiger partial charge in [0.15, 0.2) is 5.82 Å². The van der Waals surface area contributed by atoms with E-state index in [0.29, 0.717) is 11.9 Å². The predicted octanol–water partition coefficient (Wildman–Crippen LogP) is 2.94. The summed E-state index contributed by atoms with van der Waals surface area (Å²) >= 11 is 0. The van der Waals surface area contributed by atoms with E-state index in [9.17, 15) is 17.6 Å². The molecule has 0 unspecified atom stereocenters. The maximum Gasteiger partial charge on any atom is 0.419 e. The summed E-state index contributed by atoms with van der Waals surface area (Å²) < 4.78 is 51.0. The largest absolute Gasteiger partial charge is 0.419 e. The molecule has 0 aliphatic carbocycles. The molecule has 2 aromatic rings. The highest BCUT2D eigenvalue weighted by Crippen LogP contribution is 2.34. The second-order valence-electron chi connectivity index (χ2n) is 3.41. The summed E-state index contributed by atoms with van der Waals surface area (Å²) in [6.07, 6.45) is -4.73. The number of rotatable bonds is 1. The summed E-state index contributed by atoms with van der Waals surface area (Å²) in [5.41, 5.74) is -1.60. The highest BCUT2D eigenvalue weighted by Gasteiger charge is 2.35. The minimum Gasteiger partial charge on any atom is -0.263 e. The summed E-state index contributed by atoms with van der Waals surface area (Å²) in [6.45, 7) is 1.57. The molecule has 90 valence electrons. The van der Waals surface area contributed by atoms with E-state index in [1.807, 2.05) is 0 Å². The van der Waals surface area contributed by atoms with Gasteiger partial charge in [-0.05, 0) is 19.1 Å². The fourth-order valence-corrected chi connectivity index (χ4v) is 1.39. The first-order chi connectivity index (χ1) is 7.89. The standard InChI is InChI=1S/C10H7F4N3/c1-5-15-9(17-16-5)6-3-2-4-7(8(6)11)10(12,13)14/h2-4H,1H3,(H,15,16,17). The number of aromatic amines is 1. The molecule has 1 N–H and O–H groups in total. The van der Waals surface area contributed by atoms with Gasteiger partial charge in [-0.2, -0.15) is 18.3 Å². The average molecular weight is 245 g/mol. The maximum atomic E-state index is 13.6. The number of halogens is 4. The number of nitrogens with one attached hydrogen (secondary N) is 1. The molecule has 0 radical (unpaired) electrons. The molecule has 17 heavy (non-hydrogen) atoms. The van der Waals surface area contributed by atoms with E-state index in [0.717, 1.165) is 6.07 Å². The van der Waals surface area contributed by atoms with E-state index < -0.39 is 17.6 Å². The molecule has 1 aromatic heterocycles. The van der Waals surface area contributed by atoms with Crippen molar-refractivity contribution in [1.29, 1.82) is 0 Å². The SMILES string of the molecule is Cc1nc(-c2cccc(C(F)(F)F)c2F)n[nH]1. The Balaban J connectivity index is 2.57. The van der Waals surface area contributed by atoms with Gasteiger partial charge in [-0.3, -0.25) is 5.10 Å². The molecule has 1 aromatic carbocycles. The van der Waals surface area contributed by atoms with Crippen LogP contribution in [0.4, 0.5) is 17.6 Å². The number of hydrogen-bond donors (Lipinski definition) is 1. The van der Waals surface area contributed by atoms with E-state index in [4.69, 9.17) is 0 Å². The second-order valence-corrected chi connectivity index (χ2v) is 3.41. The number of nitrogens with zero attached hydrogens (tertiary/aromatic N) is 2. The van der Waals surface area contributed by atoms with Crippen LogP contribution in [0.3, 0.4) is 0 Å². The zero-order valence-corrected chi connectivity index (χ0v) is 8.64. The van der Waals surface area contributed by atoms with Crippen molar-refractivity contribution >= 4 is 0 Å². The number of hydrogen-bond acceptors (Lipinski definition) is 2. The van der Waals surface area contributed by atoms with Gasteiger partial charge in [0.2, 0.25) is 0 Å². The van der Waals surface area contributed by atoms with Gasteiger partial charge in [0, 0.05) is 0 Å². The van der Waals surface area contributed by atoms with Crippen LogP contribution in [0.25, 0.3) is 11.4 Å². The van der Waals surface area contributed by atoms with Crippen LogP contribution in [-0.4, -0.2) is 15.2 Å². The third kappa shape index (κ3) is 2.13. The van der Waals surface area contributed by atoms with Gasteiger partial charge in [0.05, 0.1) is 11.1 Å². The van der Waals surface area contributed by atoms with Crippen molar-refractivity contribution < 1.29 is 17.6 Å². The molecular formula is C10H7F4N3. The monoisotopic (exact) mass is 245 g/mol. The first-order valence-corrected chi connectivity index (χ1v) is 4.64. The minimum absolute atomic E-state index is 0.0916. The summed E-state index contributed by atoms with van der Waals surface area (Å²) in [7, 11) is 0. The lowest BCUT2D eigenvalue weighted by molar-refractivity contribution is -0.139. The number of H-pyrrole nitrogens is 1. The lowest BCUT2D eigenvalue weighted by Crippen LogP contribution is -2.08. The molecule has 0 fully saturated rings. The molecule has 2 rings (SSSR count). The Morgan fingerprint density at radius 3 is 2.47 bits per heavy atom. The third-order valence-corrected chi connectivity index (χ3v) is 2.14. The molecule has 0 bridgehead atoms. The molecule has 0 atom stereocenters. The van der Waals surface area contributed by atoms with Crippen molar-refractivity contribution in [2.75, 3.05) is 0 Å². The van der Waals surface area contributed by atoms with Gasteiger partial charge in [0.25, 0.3) is 0 Å². The topological polar surface area (TPSA) is 41.6 Å². The highest BCUT2D eigenvalue weighted by molar-refractivity contribution is 5.57. The van der Waals surface area contributed by atoms with Crippen molar-refractivity contribution in [3.05, 3.63) is 35.4 Å². The van der Waals surface area contributed by atoms with Crippen molar-refractivity contribution in [1.82, 2.24) is 15.2 Å². The smallest absolute Gasteiger partial charge is 0.263 e. The number of benzene rings is 1. The molecule has 0 saturated heterocycles. The molecule has 0 amide bonds. The van der Waals surface area contributed by atoms with Crippen LogP contribution in [0, 0.1) is 12.7 Å². The fraction of sp³-hybridized carbons (Fsp3) is 0.200. The summed E-state index contributed by atoms with van der Waals surface area (Å²) in [6, 6.07) is 3.00. The van der Waals surface area contributed by atoms with Crippen LogP contribution in [-0.2, 0) is 6.18 Å². The number of aromatic nitrogens is 3. The molecule has 0 saturated carbocycles. The molecule has 1 heterocycles. The van der Waals surface area contributed by atoms with Gasteiger partial charge >= 0.3 is 6.18 Å². The Kier molecular flexibility index (Phi) is 2.60. The Bertz CT molecular complexity index is 545. The van der Waals surface area contributed by atoms with E-state index in [1.165, 1.54) is 6.07 Å². The first kappa shape index (κ1) is 11.6. The van der Waals surface area contributed by atoms with Gasteiger partial charge in [-0.25, -0.2) is 9.37 Å². The van der Waals surface area contributed by atoms with Gasteiger partial charge < -0.3 is 0 Å². The molecule has 7 heteroatoms. The van der Waals surface area contributed by atoms with Crippen LogP contribution < -0.4 is 0 Å². The van der Waals surface area contributed by atoms with Gasteiger partial charge in [0.1, 0.15) is 11.6 Å². The summed E-state index contributed by atoms with van der Waals surface area (Å²) in [5, 5.41) is 6.07. The lowest BCUT2D eigenvalue weighted by atomic mass is 10.1. The van der Waals surface area contributed by atoms with Crippen LogP contribution in [0.1, 0.15) is 11.4 Å².